The second-order valence-corrected chi connectivity index (χ2v) is 6.23. The molecule has 1 amide bonds. The zero-order valence-corrected chi connectivity index (χ0v) is 13.9. The molecule has 1 saturated heterocycles. The highest BCUT2D eigenvalue weighted by Crippen LogP contribution is 2.20. The molecule has 1 aliphatic heterocycles. The lowest BCUT2D eigenvalue weighted by Gasteiger charge is -2.17. The van der Waals surface area contributed by atoms with Crippen LogP contribution in [-0.4, -0.2) is 42.1 Å². The van der Waals surface area contributed by atoms with Crippen LogP contribution in [0.25, 0.3) is 0 Å². The SMILES string of the molecule is Cc1nc(NCCNC(=O)CC(C)C)cc(N2CCCC2)n1. The fourth-order valence-corrected chi connectivity index (χ4v) is 2.59. The van der Waals surface area contributed by atoms with Crippen molar-refractivity contribution in [2.75, 3.05) is 36.4 Å². The van der Waals surface area contributed by atoms with Gasteiger partial charge >= 0.3 is 0 Å². The van der Waals surface area contributed by atoms with Gasteiger partial charge in [-0.3, -0.25) is 4.79 Å². The van der Waals surface area contributed by atoms with Crippen molar-refractivity contribution in [3.8, 4) is 0 Å². The summed E-state index contributed by atoms with van der Waals surface area (Å²) in [6.07, 6.45) is 3.03. The maximum atomic E-state index is 11.6. The minimum absolute atomic E-state index is 0.105. The van der Waals surface area contributed by atoms with E-state index < -0.39 is 0 Å². The number of hydrogen-bond acceptors (Lipinski definition) is 5. The van der Waals surface area contributed by atoms with Crippen LogP contribution < -0.4 is 15.5 Å². The summed E-state index contributed by atoms with van der Waals surface area (Å²) in [5.41, 5.74) is 0. The van der Waals surface area contributed by atoms with Gasteiger partial charge < -0.3 is 15.5 Å². The largest absolute Gasteiger partial charge is 0.368 e. The van der Waals surface area contributed by atoms with Gasteiger partial charge in [-0.15, -0.1) is 0 Å². The molecule has 6 nitrogen and oxygen atoms in total. The second-order valence-electron chi connectivity index (χ2n) is 6.23. The minimum atomic E-state index is 0.105. The van der Waals surface area contributed by atoms with E-state index in [0.717, 1.165) is 30.5 Å². The highest BCUT2D eigenvalue weighted by Gasteiger charge is 2.14. The Labute approximate surface area is 132 Å². The number of amides is 1. The normalized spacial score (nSPS) is 14.5. The molecule has 2 rings (SSSR count). The number of hydrogen-bond donors (Lipinski definition) is 2. The molecule has 0 bridgehead atoms. The number of aromatic nitrogens is 2. The molecule has 1 aromatic rings. The maximum Gasteiger partial charge on any atom is 0.220 e. The average Bonchev–Trinajstić information content (AvgIpc) is 2.96. The zero-order valence-electron chi connectivity index (χ0n) is 13.9. The minimum Gasteiger partial charge on any atom is -0.368 e. The van der Waals surface area contributed by atoms with Crippen LogP contribution in [0.15, 0.2) is 6.07 Å². The third-order valence-electron chi connectivity index (χ3n) is 3.60. The zero-order chi connectivity index (χ0) is 15.9. The first-order valence-electron chi connectivity index (χ1n) is 8.16. The lowest BCUT2D eigenvalue weighted by molar-refractivity contribution is -0.121. The quantitative estimate of drug-likeness (QED) is 0.754. The first-order valence-corrected chi connectivity index (χ1v) is 8.16. The Kier molecular flexibility index (Phi) is 5.98. The van der Waals surface area contributed by atoms with E-state index in [4.69, 9.17) is 0 Å². The predicted octanol–water partition coefficient (Wildman–Crippen LogP) is 1.96. The lowest BCUT2D eigenvalue weighted by Crippen LogP contribution is -2.29. The number of anilines is 2. The Hall–Kier alpha value is -1.85. The first-order chi connectivity index (χ1) is 10.5. The number of aryl methyl sites for hydroxylation is 1. The molecule has 0 radical (unpaired) electrons. The van der Waals surface area contributed by atoms with Gasteiger partial charge in [0.1, 0.15) is 17.5 Å². The van der Waals surface area contributed by atoms with Gasteiger partial charge in [0.05, 0.1) is 0 Å². The number of nitrogens with zero attached hydrogens (tertiary/aromatic N) is 3. The molecule has 1 aliphatic rings. The summed E-state index contributed by atoms with van der Waals surface area (Å²) in [5, 5.41) is 6.18. The number of carbonyl (C=O) groups excluding carboxylic acids is 1. The van der Waals surface area contributed by atoms with Crippen molar-refractivity contribution >= 4 is 17.5 Å². The van der Waals surface area contributed by atoms with E-state index in [0.29, 0.717) is 25.4 Å². The van der Waals surface area contributed by atoms with Crippen LogP contribution in [0.5, 0.6) is 0 Å². The highest BCUT2D eigenvalue weighted by atomic mass is 16.1. The molecule has 0 unspecified atom stereocenters. The number of carbonyl (C=O) groups is 1. The summed E-state index contributed by atoms with van der Waals surface area (Å²) in [6, 6.07) is 1.99. The molecule has 0 aliphatic carbocycles. The molecule has 122 valence electrons. The van der Waals surface area contributed by atoms with E-state index in [2.05, 4.69) is 25.5 Å². The first kappa shape index (κ1) is 16.5. The topological polar surface area (TPSA) is 70.2 Å². The summed E-state index contributed by atoms with van der Waals surface area (Å²) in [7, 11) is 0. The van der Waals surface area contributed by atoms with Crippen molar-refractivity contribution in [3.05, 3.63) is 11.9 Å². The van der Waals surface area contributed by atoms with Crippen LogP contribution in [0.1, 0.15) is 38.9 Å². The van der Waals surface area contributed by atoms with E-state index >= 15 is 0 Å². The molecule has 22 heavy (non-hydrogen) atoms. The molecule has 0 atom stereocenters. The van der Waals surface area contributed by atoms with Crippen LogP contribution in [-0.2, 0) is 4.79 Å². The molecule has 2 N–H and O–H groups in total. The van der Waals surface area contributed by atoms with Crippen molar-refractivity contribution in [3.63, 3.8) is 0 Å². The smallest absolute Gasteiger partial charge is 0.220 e. The molecule has 6 heteroatoms. The number of rotatable bonds is 7. The Balaban J connectivity index is 1.81. The van der Waals surface area contributed by atoms with Gasteiger partial charge in [-0.25, -0.2) is 9.97 Å². The van der Waals surface area contributed by atoms with Gasteiger partial charge in [-0.1, -0.05) is 13.8 Å². The summed E-state index contributed by atoms with van der Waals surface area (Å²) in [6.45, 7) is 9.41. The summed E-state index contributed by atoms with van der Waals surface area (Å²) >= 11 is 0. The molecule has 1 aromatic heterocycles. The fourth-order valence-electron chi connectivity index (χ4n) is 2.59. The van der Waals surface area contributed by atoms with Crippen LogP contribution in [0.4, 0.5) is 11.6 Å². The Morgan fingerprint density at radius 3 is 2.68 bits per heavy atom. The van der Waals surface area contributed by atoms with E-state index in [-0.39, 0.29) is 5.91 Å². The van der Waals surface area contributed by atoms with E-state index in [1.54, 1.807) is 0 Å². The van der Waals surface area contributed by atoms with E-state index in [1.807, 2.05) is 26.8 Å². The molecule has 0 saturated carbocycles. The third-order valence-corrected chi connectivity index (χ3v) is 3.60. The summed E-state index contributed by atoms with van der Waals surface area (Å²) in [5.74, 6) is 3.09. The van der Waals surface area contributed by atoms with Crippen molar-refractivity contribution < 1.29 is 4.79 Å². The van der Waals surface area contributed by atoms with Crippen molar-refractivity contribution in [1.29, 1.82) is 0 Å². The standard InChI is InChI=1S/C16H27N5O/c1-12(2)10-16(22)18-7-6-17-14-11-15(20-13(3)19-14)21-8-4-5-9-21/h11-12H,4-10H2,1-3H3,(H,18,22)(H,17,19,20). The van der Waals surface area contributed by atoms with Crippen LogP contribution in [0, 0.1) is 12.8 Å². The van der Waals surface area contributed by atoms with Crippen LogP contribution >= 0.6 is 0 Å². The lowest BCUT2D eigenvalue weighted by atomic mass is 10.1. The average molecular weight is 305 g/mol. The Morgan fingerprint density at radius 1 is 1.27 bits per heavy atom. The van der Waals surface area contributed by atoms with Gasteiger partial charge in [-0.05, 0) is 25.7 Å². The maximum absolute atomic E-state index is 11.6. The van der Waals surface area contributed by atoms with E-state index in [1.165, 1.54) is 12.8 Å². The molecular weight excluding hydrogens is 278 g/mol. The van der Waals surface area contributed by atoms with E-state index in [9.17, 15) is 4.79 Å². The molecule has 2 heterocycles. The summed E-state index contributed by atoms with van der Waals surface area (Å²) < 4.78 is 0. The van der Waals surface area contributed by atoms with Crippen LogP contribution in [0.2, 0.25) is 0 Å². The second kappa shape index (κ2) is 7.96. The molecular formula is C16H27N5O. The van der Waals surface area contributed by atoms with Gasteiger partial charge in [-0.2, -0.15) is 0 Å². The van der Waals surface area contributed by atoms with Crippen LogP contribution in [0.3, 0.4) is 0 Å². The predicted molar refractivity (Wildman–Crippen MR) is 89.2 cm³/mol. The van der Waals surface area contributed by atoms with Gasteiger partial charge in [0.2, 0.25) is 5.91 Å². The molecule has 0 spiro atoms. The monoisotopic (exact) mass is 305 g/mol. The van der Waals surface area contributed by atoms with Gasteiger partial charge in [0, 0.05) is 38.7 Å². The summed E-state index contributed by atoms with van der Waals surface area (Å²) in [4.78, 5) is 22.8. The number of nitrogens with one attached hydrogen (secondary N) is 2. The van der Waals surface area contributed by atoms with Crippen molar-refractivity contribution in [1.82, 2.24) is 15.3 Å². The Bertz CT molecular complexity index is 497. The highest BCUT2D eigenvalue weighted by molar-refractivity contribution is 5.76. The third kappa shape index (κ3) is 5.16. The van der Waals surface area contributed by atoms with Crippen molar-refractivity contribution in [2.24, 2.45) is 5.92 Å². The van der Waals surface area contributed by atoms with Crippen molar-refractivity contribution in [2.45, 2.75) is 40.0 Å². The van der Waals surface area contributed by atoms with Gasteiger partial charge in [0.25, 0.3) is 0 Å². The Morgan fingerprint density at radius 2 is 2.00 bits per heavy atom. The van der Waals surface area contributed by atoms with Gasteiger partial charge in [0.15, 0.2) is 0 Å². The molecule has 0 aromatic carbocycles. The molecule has 1 fully saturated rings. The fraction of sp³-hybridized carbons (Fsp3) is 0.688.